The van der Waals surface area contributed by atoms with Crippen molar-refractivity contribution < 1.29 is 14.3 Å². The molecule has 0 aromatic rings. The molecule has 0 aliphatic heterocycles. The third-order valence-electron chi connectivity index (χ3n) is 3.84. The highest BCUT2D eigenvalue weighted by molar-refractivity contribution is 5.59. The first-order valence-corrected chi connectivity index (χ1v) is 9.75. The number of hydrogen-bond acceptors (Lipinski definition) is 3. The minimum Gasteiger partial charge on any atom is -0.434 e. The SMILES string of the molecule is CCCC/C=C\CCCCCCCCOC(=O)OCCCCC. The van der Waals surface area contributed by atoms with Gasteiger partial charge in [0.1, 0.15) is 0 Å². The second-order valence-corrected chi connectivity index (χ2v) is 6.18. The van der Waals surface area contributed by atoms with E-state index in [2.05, 4.69) is 26.0 Å². The van der Waals surface area contributed by atoms with Crippen LogP contribution in [0.4, 0.5) is 4.79 Å². The summed E-state index contributed by atoms with van der Waals surface area (Å²) in [4.78, 5) is 11.3. The Morgan fingerprint density at radius 1 is 0.652 bits per heavy atom. The molecule has 0 radical (unpaired) electrons. The highest BCUT2D eigenvalue weighted by Gasteiger charge is 2.02. The summed E-state index contributed by atoms with van der Waals surface area (Å²) in [5.41, 5.74) is 0. The molecule has 0 saturated carbocycles. The summed E-state index contributed by atoms with van der Waals surface area (Å²) < 4.78 is 10.0. The Kier molecular flexibility index (Phi) is 18.2. The molecule has 136 valence electrons. The number of rotatable bonds is 16. The molecular weight excluding hydrogens is 288 g/mol. The quantitative estimate of drug-likeness (QED) is 0.177. The maximum absolute atomic E-state index is 11.3. The summed E-state index contributed by atoms with van der Waals surface area (Å²) in [5.74, 6) is 0. The molecule has 0 aliphatic carbocycles. The van der Waals surface area contributed by atoms with Gasteiger partial charge >= 0.3 is 6.16 Å². The standard InChI is InChI=1S/C20H38O3/c1-3-5-7-8-9-10-11-12-13-14-15-17-19-23-20(21)22-18-16-6-4-2/h8-9H,3-7,10-19H2,1-2H3/b9-8-. The van der Waals surface area contributed by atoms with Gasteiger partial charge in [0.25, 0.3) is 0 Å². The van der Waals surface area contributed by atoms with E-state index in [9.17, 15) is 4.79 Å². The van der Waals surface area contributed by atoms with Gasteiger partial charge in [0.15, 0.2) is 0 Å². The molecule has 0 fully saturated rings. The third kappa shape index (κ3) is 19.0. The predicted molar refractivity (Wildman–Crippen MR) is 97.8 cm³/mol. The third-order valence-corrected chi connectivity index (χ3v) is 3.84. The van der Waals surface area contributed by atoms with Gasteiger partial charge < -0.3 is 9.47 Å². The summed E-state index contributed by atoms with van der Waals surface area (Å²) in [5, 5.41) is 0. The lowest BCUT2D eigenvalue weighted by Crippen LogP contribution is -2.09. The maximum atomic E-state index is 11.3. The van der Waals surface area contributed by atoms with Gasteiger partial charge in [0.05, 0.1) is 13.2 Å². The van der Waals surface area contributed by atoms with Crippen LogP contribution in [0.5, 0.6) is 0 Å². The normalized spacial score (nSPS) is 11.0. The molecule has 0 heterocycles. The fourth-order valence-corrected chi connectivity index (χ4v) is 2.33. The van der Waals surface area contributed by atoms with Crippen molar-refractivity contribution in [2.24, 2.45) is 0 Å². The molecule has 0 aromatic heterocycles. The van der Waals surface area contributed by atoms with Gasteiger partial charge in [-0.2, -0.15) is 0 Å². The highest BCUT2D eigenvalue weighted by atomic mass is 16.7. The fourth-order valence-electron chi connectivity index (χ4n) is 2.33. The smallest absolute Gasteiger partial charge is 0.434 e. The van der Waals surface area contributed by atoms with Gasteiger partial charge in [-0.25, -0.2) is 4.79 Å². The Morgan fingerprint density at radius 3 is 1.74 bits per heavy atom. The molecule has 0 amide bonds. The van der Waals surface area contributed by atoms with Gasteiger partial charge in [-0.3, -0.25) is 0 Å². The van der Waals surface area contributed by atoms with Gasteiger partial charge in [0, 0.05) is 0 Å². The van der Waals surface area contributed by atoms with E-state index >= 15 is 0 Å². The van der Waals surface area contributed by atoms with E-state index in [1.54, 1.807) is 0 Å². The lowest BCUT2D eigenvalue weighted by molar-refractivity contribution is 0.0530. The Hall–Kier alpha value is -0.990. The summed E-state index contributed by atoms with van der Waals surface area (Å²) in [6, 6.07) is 0. The van der Waals surface area contributed by atoms with E-state index in [0.717, 1.165) is 32.1 Å². The average molecular weight is 327 g/mol. The Balaban J connectivity index is 3.15. The van der Waals surface area contributed by atoms with Crippen molar-refractivity contribution in [3.63, 3.8) is 0 Å². The van der Waals surface area contributed by atoms with Crippen LogP contribution >= 0.6 is 0 Å². The van der Waals surface area contributed by atoms with Crippen LogP contribution < -0.4 is 0 Å². The Bertz CT molecular complexity index is 274. The minimum absolute atomic E-state index is 0.486. The summed E-state index contributed by atoms with van der Waals surface area (Å²) in [7, 11) is 0. The fraction of sp³-hybridized carbons (Fsp3) is 0.850. The molecule has 23 heavy (non-hydrogen) atoms. The topological polar surface area (TPSA) is 35.5 Å². The van der Waals surface area contributed by atoms with Crippen molar-refractivity contribution in [2.45, 2.75) is 97.3 Å². The molecule has 0 N–H and O–H groups in total. The molecular formula is C20H38O3. The number of allylic oxidation sites excluding steroid dienone is 2. The first kappa shape index (κ1) is 22.0. The van der Waals surface area contributed by atoms with Crippen molar-refractivity contribution in [3.05, 3.63) is 12.2 Å². The first-order valence-electron chi connectivity index (χ1n) is 9.75. The largest absolute Gasteiger partial charge is 0.508 e. The molecule has 0 saturated heterocycles. The second kappa shape index (κ2) is 19.1. The molecule has 0 bridgehead atoms. The predicted octanol–water partition coefficient (Wildman–Crippen LogP) is 6.81. The zero-order valence-corrected chi connectivity index (χ0v) is 15.5. The summed E-state index contributed by atoms with van der Waals surface area (Å²) in [6.07, 6.45) is 19.5. The van der Waals surface area contributed by atoms with Crippen LogP contribution in [0.3, 0.4) is 0 Å². The van der Waals surface area contributed by atoms with Crippen LogP contribution in [0.1, 0.15) is 97.3 Å². The van der Waals surface area contributed by atoms with E-state index in [1.807, 2.05) is 0 Å². The maximum Gasteiger partial charge on any atom is 0.508 e. The van der Waals surface area contributed by atoms with Crippen LogP contribution in [0, 0.1) is 0 Å². The van der Waals surface area contributed by atoms with Crippen molar-refractivity contribution >= 4 is 6.16 Å². The van der Waals surface area contributed by atoms with E-state index < -0.39 is 6.16 Å². The number of hydrogen-bond donors (Lipinski definition) is 0. The van der Waals surface area contributed by atoms with Crippen molar-refractivity contribution in [1.82, 2.24) is 0 Å². The first-order chi connectivity index (χ1) is 11.3. The van der Waals surface area contributed by atoms with Gasteiger partial charge in [-0.05, 0) is 32.1 Å². The number of unbranched alkanes of at least 4 members (excludes halogenated alkanes) is 10. The van der Waals surface area contributed by atoms with Crippen molar-refractivity contribution in [3.8, 4) is 0 Å². The van der Waals surface area contributed by atoms with Gasteiger partial charge in [-0.1, -0.05) is 77.4 Å². The van der Waals surface area contributed by atoms with Crippen molar-refractivity contribution in [2.75, 3.05) is 13.2 Å². The van der Waals surface area contributed by atoms with Crippen molar-refractivity contribution in [1.29, 1.82) is 0 Å². The minimum atomic E-state index is -0.504. The lowest BCUT2D eigenvalue weighted by Gasteiger charge is -2.06. The Labute approximate surface area is 143 Å². The summed E-state index contributed by atoms with van der Waals surface area (Å²) >= 11 is 0. The zero-order valence-electron chi connectivity index (χ0n) is 15.5. The van der Waals surface area contributed by atoms with Crippen LogP contribution in [0.15, 0.2) is 12.2 Å². The molecule has 0 unspecified atom stereocenters. The van der Waals surface area contributed by atoms with E-state index in [0.29, 0.717) is 13.2 Å². The molecule has 0 aromatic carbocycles. The van der Waals surface area contributed by atoms with Crippen LogP contribution in [-0.2, 0) is 9.47 Å². The second-order valence-electron chi connectivity index (χ2n) is 6.18. The summed E-state index contributed by atoms with van der Waals surface area (Å²) in [6.45, 7) is 5.34. The lowest BCUT2D eigenvalue weighted by atomic mass is 10.1. The van der Waals surface area contributed by atoms with Crippen LogP contribution in [-0.4, -0.2) is 19.4 Å². The Morgan fingerprint density at radius 2 is 1.13 bits per heavy atom. The molecule has 0 rings (SSSR count). The van der Waals surface area contributed by atoms with E-state index in [-0.39, 0.29) is 0 Å². The molecule has 3 heteroatoms. The van der Waals surface area contributed by atoms with E-state index in [4.69, 9.17) is 9.47 Å². The zero-order chi connectivity index (χ0) is 17.0. The van der Waals surface area contributed by atoms with E-state index in [1.165, 1.54) is 51.4 Å². The number of carbonyl (C=O) groups excluding carboxylic acids is 1. The van der Waals surface area contributed by atoms with Gasteiger partial charge in [-0.15, -0.1) is 0 Å². The van der Waals surface area contributed by atoms with Crippen LogP contribution in [0.2, 0.25) is 0 Å². The number of carbonyl (C=O) groups is 1. The molecule has 0 aliphatic rings. The van der Waals surface area contributed by atoms with Crippen LogP contribution in [0.25, 0.3) is 0 Å². The number of ether oxygens (including phenoxy) is 2. The average Bonchev–Trinajstić information content (AvgIpc) is 2.56. The van der Waals surface area contributed by atoms with Gasteiger partial charge in [0.2, 0.25) is 0 Å². The molecule has 3 nitrogen and oxygen atoms in total. The highest BCUT2D eigenvalue weighted by Crippen LogP contribution is 2.08. The monoisotopic (exact) mass is 326 g/mol. The molecule has 0 spiro atoms. The molecule has 0 atom stereocenters.